The van der Waals surface area contributed by atoms with Crippen molar-refractivity contribution in [3.05, 3.63) is 29.8 Å². The molecule has 1 saturated heterocycles. The van der Waals surface area contributed by atoms with Gasteiger partial charge in [0, 0.05) is 24.5 Å². The molecule has 6 N–H and O–H groups in total. The van der Waals surface area contributed by atoms with Gasteiger partial charge in [-0.15, -0.1) is 0 Å². The molecular weight excluding hydrogens is 482 g/mol. The SMILES string of the molecule is [2H]CC(=O)C1(OC(=O)CNCc2ccccc2O)O[C@H](CO)[C@@](O)(C(=O)C[2H])[C@@](O)(C(=O)C[2H])[C@]1(O)C(=O)C[2H]. The first-order valence-corrected chi connectivity index (χ1v) is 10.2. The number of rotatable bonds is 10. The monoisotopic (exact) mass is 515 g/mol. The normalized spacial score (nSPS) is 33.4. The predicted molar refractivity (Wildman–Crippen MR) is 118 cm³/mol. The van der Waals surface area contributed by atoms with Crippen molar-refractivity contribution >= 4 is 29.1 Å². The molecule has 0 spiro atoms. The number of nitrogens with one attached hydrogen (secondary N) is 1. The fraction of sp³-hybridized carbons (Fsp3) is 0.522. The van der Waals surface area contributed by atoms with Crippen LogP contribution in [0.3, 0.4) is 0 Å². The summed E-state index contributed by atoms with van der Waals surface area (Å²) in [5.41, 5.74) is -12.2. The van der Waals surface area contributed by atoms with Gasteiger partial charge < -0.3 is 40.3 Å². The lowest BCUT2D eigenvalue weighted by Gasteiger charge is -2.60. The van der Waals surface area contributed by atoms with E-state index in [1.807, 2.05) is 0 Å². The maximum Gasteiger partial charge on any atom is 0.322 e. The zero-order chi connectivity index (χ0) is 30.5. The van der Waals surface area contributed by atoms with Crippen LogP contribution in [0.2, 0.25) is 0 Å². The molecule has 1 aromatic carbocycles. The van der Waals surface area contributed by atoms with E-state index in [1.54, 1.807) is 6.07 Å². The van der Waals surface area contributed by atoms with Crippen molar-refractivity contribution in [1.82, 2.24) is 5.32 Å². The molecule has 198 valence electrons. The van der Waals surface area contributed by atoms with Crippen molar-refractivity contribution in [2.24, 2.45) is 0 Å². The van der Waals surface area contributed by atoms with Gasteiger partial charge in [0.1, 0.15) is 11.9 Å². The fourth-order valence-corrected chi connectivity index (χ4v) is 4.05. The molecule has 13 heteroatoms. The number of hydrogen-bond donors (Lipinski definition) is 6. The molecule has 36 heavy (non-hydrogen) atoms. The Hall–Kier alpha value is -3.07. The maximum atomic E-state index is 13.1. The highest BCUT2D eigenvalue weighted by molar-refractivity contribution is 6.09. The molecule has 0 saturated carbocycles. The molecular formula is C23H29NO12. The van der Waals surface area contributed by atoms with Crippen LogP contribution in [0.25, 0.3) is 0 Å². The minimum Gasteiger partial charge on any atom is -0.508 e. The Bertz CT molecular complexity index is 1170. The molecule has 1 aromatic rings. The number of esters is 1. The number of ether oxygens (including phenoxy) is 2. The number of benzene rings is 1. The van der Waals surface area contributed by atoms with E-state index in [-0.39, 0.29) is 12.3 Å². The summed E-state index contributed by atoms with van der Waals surface area (Å²) in [6, 6.07) is 5.92. The van der Waals surface area contributed by atoms with E-state index in [0.29, 0.717) is 5.56 Å². The summed E-state index contributed by atoms with van der Waals surface area (Å²) in [5, 5.41) is 56.9. The second kappa shape index (κ2) is 10.1. The van der Waals surface area contributed by atoms with Crippen LogP contribution >= 0.6 is 0 Å². The Morgan fingerprint density at radius 3 is 2.11 bits per heavy atom. The summed E-state index contributed by atoms with van der Waals surface area (Å²) in [6.45, 7) is -8.64. The quantitative estimate of drug-likeness (QED) is 0.180. The van der Waals surface area contributed by atoms with E-state index >= 15 is 0 Å². The third-order valence-corrected chi connectivity index (χ3v) is 5.92. The number of hydrogen-bond acceptors (Lipinski definition) is 13. The number of Topliss-reactive ketones (excluding diaryl/α,β-unsaturated/α-hetero) is 4. The molecule has 0 aliphatic carbocycles. The van der Waals surface area contributed by atoms with Gasteiger partial charge in [0.25, 0.3) is 0 Å². The first kappa shape index (κ1) is 23.3. The van der Waals surface area contributed by atoms with Crippen molar-refractivity contribution in [3.63, 3.8) is 0 Å². The Morgan fingerprint density at radius 1 is 0.972 bits per heavy atom. The first-order valence-electron chi connectivity index (χ1n) is 13.0. The number of aliphatic hydroxyl groups is 4. The lowest BCUT2D eigenvalue weighted by atomic mass is 9.57. The number of carbonyl (C=O) groups is 5. The molecule has 1 aliphatic rings. The van der Waals surface area contributed by atoms with E-state index in [2.05, 4.69) is 5.32 Å². The molecule has 5 atom stereocenters. The summed E-state index contributed by atoms with van der Waals surface area (Å²) < 4.78 is 40.0. The van der Waals surface area contributed by atoms with Gasteiger partial charge in [-0.2, -0.15) is 0 Å². The highest BCUT2D eigenvalue weighted by Gasteiger charge is 2.85. The molecule has 0 amide bonds. The number of phenols is 1. The van der Waals surface area contributed by atoms with Crippen LogP contribution in [0.5, 0.6) is 5.75 Å². The molecule has 1 fully saturated rings. The van der Waals surface area contributed by atoms with Crippen molar-refractivity contribution in [2.75, 3.05) is 13.2 Å². The number of phenolic OH excluding ortho intramolecular Hbond substituents is 1. The first-order chi connectivity index (χ1) is 18.7. The Kier molecular flexibility index (Phi) is 6.56. The predicted octanol–water partition coefficient (Wildman–Crippen LogP) is -2.34. The number of aliphatic hydroxyl groups excluding tert-OH is 1. The van der Waals surface area contributed by atoms with Gasteiger partial charge in [0.15, 0.2) is 23.0 Å². The fourth-order valence-electron chi connectivity index (χ4n) is 4.05. The molecule has 13 nitrogen and oxygen atoms in total. The minimum absolute atomic E-state index is 0.154. The molecule has 1 unspecified atom stereocenters. The van der Waals surface area contributed by atoms with Crippen LogP contribution in [0.1, 0.15) is 38.6 Å². The summed E-state index contributed by atoms with van der Waals surface area (Å²) in [4.78, 5) is 64.9. The molecule has 2 rings (SSSR count). The second-order valence-corrected chi connectivity index (χ2v) is 7.99. The summed E-state index contributed by atoms with van der Waals surface area (Å²) >= 11 is 0. The third-order valence-electron chi connectivity index (χ3n) is 5.92. The van der Waals surface area contributed by atoms with Crippen molar-refractivity contribution in [1.29, 1.82) is 0 Å². The van der Waals surface area contributed by atoms with Crippen molar-refractivity contribution in [2.45, 2.75) is 62.8 Å². The van der Waals surface area contributed by atoms with Crippen LogP contribution in [-0.2, 0) is 40.0 Å². The summed E-state index contributed by atoms with van der Waals surface area (Å²) in [7, 11) is 0. The Balaban J connectivity index is 2.75. The lowest BCUT2D eigenvalue weighted by molar-refractivity contribution is -0.391. The molecule has 1 aliphatic heterocycles. The molecule has 0 bridgehead atoms. The van der Waals surface area contributed by atoms with E-state index in [0.717, 1.165) is 0 Å². The number of aromatic hydroxyl groups is 1. The Morgan fingerprint density at radius 2 is 1.56 bits per heavy atom. The smallest absolute Gasteiger partial charge is 0.322 e. The Labute approximate surface area is 211 Å². The highest BCUT2D eigenvalue weighted by atomic mass is 16.8. The summed E-state index contributed by atoms with van der Waals surface area (Å²) in [6.07, 6.45) is -2.64. The van der Waals surface area contributed by atoms with E-state index < -0.39 is 98.5 Å². The van der Waals surface area contributed by atoms with Crippen LogP contribution in [0, 0.1) is 0 Å². The van der Waals surface area contributed by atoms with E-state index in [4.69, 9.17) is 15.0 Å². The van der Waals surface area contributed by atoms with E-state index in [9.17, 15) is 49.5 Å². The highest BCUT2D eigenvalue weighted by Crippen LogP contribution is 2.52. The maximum absolute atomic E-state index is 13.1. The minimum atomic E-state index is -4.32. The van der Waals surface area contributed by atoms with Crippen LogP contribution < -0.4 is 5.32 Å². The van der Waals surface area contributed by atoms with Gasteiger partial charge in [-0.1, -0.05) is 18.2 Å². The van der Waals surface area contributed by atoms with Crippen molar-refractivity contribution < 1.29 is 64.5 Å². The molecule has 0 radical (unpaired) electrons. The number of para-hydroxylation sites is 1. The number of carbonyl (C=O) groups excluding carboxylic acids is 5. The topological polar surface area (TPSA) is 217 Å². The molecule has 1 heterocycles. The standard InChI is InChI=1S/C23H29NO12/c1-12(26)20(32)18(11-25)35-23(15(4)29,22(34,14(3)28)21(20,33)13(2)27)36-19(31)10-24-9-16-7-5-6-8-17(16)30/h5-8,18,24-25,30,32-34H,9-11H2,1-4H3/t18-,20+,21+,22-,23?/m1/s1/i1D,2D,3D,4D. The number of ketones is 4. The van der Waals surface area contributed by atoms with Crippen LogP contribution in [0.15, 0.2) is 24.3 Å². The van der Waals surface area contributed by atoms with Crippen LogP contribution in [0.4, 0.5) is 0 Å². The van der Waals surface area contributed by atoms with Gasteiger partial charge in [-0.3, -0.25) is 24.0 Å². The zero-order valence-electron chi connectivity index (χ0n) is 22.9. The lowest BCUT2D eigenvalue weighted by Crippen LogP contribution is -2.91. The average molecular weight is 516 g/mol. The molecule has 0 aromatic heterocycles. The largest absolute Gasteiger partial charge is 0.508 e. The van der Waals surface area contributed by atoms with Gasteiger partial charge in [-0.05, 0) is 26.8 Å². The van der Waals surface area contributed by atoms with Gasteiger partial charge in [-0.25, -0.2) is 0 Å². The second-order valence-electron chi connectivity index (χ2n) is 7.99. The summed E-state index contributed by atoms with van der Waals surface area (Å²) in [5.74, 6) is -13.2. The van der Waals surface area contributed by atoms with Gasteiger partial charge >= 0.3 is 11.8 Å². The van der Waals surface area contributed by atoms with Gasteiger partial charge in [0.2, 0.25) is 17.0 Å². The third kappa shape index (κ3) is 4.03. The average Bonchev–Trinajstić information content (AvgIpc) is 2.96. The zero-order valence-corrected chi connectivity index (χ0v) is 18.9. The van der Waals surface area contributed by atoms with Gasteiger partial charge in [0.05, 0.1) is 13.2 Å². The van der Waals surface area contributed by atoms with Crippen LogP contribution in [-0.4, -0.2) is 96.5 Å². The van der Waals surface area contributed by atoms with Crippen molar-refractivity contribution in [3.8, 4) is 5.75 Å². The van der Waals surface area contributed by atoms with E-state index in [1.165, 1.54) is 18.2 Å².